The molecule has 1 amide bonds. The van der Waals surface area contributed by atoms with E-state index in [1.54, 1.807) is 24.3 Å². The molecule has 3 aromatic rings. The third-order valence-electron chi connectivity index (χ3n) is 5.28. The van der Waals surface area contributed by atoms with E-state index >= 15 is 0 Å². The fraction of sp³-hybridized carbons (Fsp3) is 0.217. The van der Waals surface area contributed by atoms with Crippen LogP contribution in [0.15, 0.2) is 54.6 Å². The molecule has 2 N–H and O–H groups in total. The Labute approximate surface area is 189 Å². The summed E-state index contributed by atoms with van der Waals surface area (Å²) in [5, 5.41) is 13.0. The van der Waals surface area contributed by atoms with Crippen LogP contribution in [0.4, 0.5) is 11.4 Å². The highest BCUT2D eigenvalue weighted by Gasteiger charge is 2.24. The minimum absolute atomic E-state index is 0.129. The van der Waals surface area contributed by atoms with Gasteiger partial charge in [0.1, 0.15) is 4.88 Å². The van der Waals surface area contributed by atoms with Crippen LogP contribution in [0.5, 0.6) is 0 Å². The molecule has 8 heteroatoms. The predicted octanol–water partition coefficient (Wildman–Crippen LogP) is 4.77. The molecule has 4 rings (SSSR count). The van der Waals surface area contributed by atoms with Gasteiger partial charge in [0.05, 0.1) is 5.56 Å². The first-order valence-corrected chi connectivity index (χ1v) is 11.1. The second-order valence-electron chi connectivity index (χ2n) is 7.43. The maximum Gasteiger partial charge on any atom is 0.345 e. The molecule has 1 aliphatic rings. The number of thiophene rings is 1. The third-order valence-corrected chi connectivity index (χ3v) is 6.69. The second-order valence-corrected chi connectivity index (χ2v) is 8.92. The molecular weight excluding hydrogens is 434 g/mol. The summed E-state index contributed by atoms with van der Waals surface area (Å²) in [6.07, 6.45) is 0. The molecule has 0 unspecified atom stereocenters. The highest BCUT2D eigenvalue weighted by molar-refractivity contribution is 7.17. The number of amides is 1. The lowest BCUT2D eigenvalue weighted by molar-refractivity contribution is 0.0702. The lowest BCUT2D eigenvalue weighted by atomic mass is 10.0. The number of nitrogens with one attached hydrogen (secondary N) is 1. The van der Waals surface area contributed by atoms with Crippen LogP contribution >= 0.6 is 22.9 Å². The van der Waals surface area contributed by atoms with Crippen LogP contribution in [0.2, 0.25) is 5.02 Å². The summed E-state index contributed by atoms with van der Waals surface area (Å²) in [6, 6.07) is 16.1. The number of hydrogen-bond donors (Lipinski definition) is 2. The SMILES string of the molecule is CN1CCN(c2ccccc2-c2sc(C(=O)O)cc2C(=O)Nc2ccc(Cl)cc2)CC1. The van der Waals surface area contributed by atoms with E-state index in [4.69, 9.17) is 11.6 Å². The Morgan fingerprint density at radius 2 is 1.71 bits per heavy atom. The van der Waals surface area contributed by atoms with Crippen molar-refractivity contribution in [2.75, 3.05) is 43.4 Å². The number of rotatable bonds is 5. The first kappa shape index (κ1) is 21.4. The number of aromatic carboxylic acids is 1. The van der Waals surface area contributed by atoms with Crippen molar-refractivity contribution in [2.24, 2.45) is 0 Å². The van der Waals surface area contributed by atoms with Gasteiger partial charge in [-0.2, -0.15) is 0 Å². The summed E-state index contributed by atoms with van der Waals surface area (Å²) in [5.74, 6) is -1.40. The third kappa shape index (κ3) is 4.74. The van der Waals surface area contributed by atoms with Gasteiger partial charge in [0, 0.05) is 53.0 Å². The van der Waals surface area contributed by atoms with Crippen molar-refractivity contribution >= 4 is 46.2 Å². The first-order chi connectivity index (χ1) is 14.9. The highest BCUT2D eigenvalue weighted by Crippen LogP contribution is 2.39. The molecule has 2 aromatic carbocycles. The van der Waals surface area contributed by atoms with Crippen LogP contribution in [-0.2, 0) is 0 Å². The molecule has 0 bridgehead atoms. The van der Waals surface area contributed by atoms with Crippen LogP contribution < -0.4 is 10.2 Å². The quantitative estimate of drug-likeness (QED) is 0.579. The van der Waals surface area contributed by atoms with Gasteiger partial charge in [-0.15, -0.1) is 11.3 Å². The highest BCUT2D eigenvalue weighted by atomic mass is 35.5. The molecule has 160 valence electrons. The van der Waals surface area contributed by atoms with Crippen LogP contribution in [-0.4, -0.2) is 55.1 Å². The van der Waals surface area contributed by atoms with E-state index in [1.807, 2.05) is 24.3 Å². The average molecular weight is 456 g/mol. The number of piperazine rings is 1. The molecule has 0 aliphatic carbocycles. The number of nitrogens with zero attached hydrogens (tertiary/aromatic N) is 2. The number of likely N-dealkylation sites (N-methyl/N-ethyl adjacent to an activating group) is 1. The van der Waals surface area contributed by atoms with Crippen LogP contribution in [0.3, 0.4) is 0 Å². The van der Waals surface area contributed by atoms with Gasteiger partial charge in [0.15, 0.2) is 0 Å². The van der Waals surface area contributed by atoms with Gasteiger partial charge < -0.3 is 20.2 Å². The monoisotopic (exact) mass is 455 g/mol. The summed E-state index contributed by atoms with van der Waals surface area (Å²) in [4.78, 5) is 30.1. The lowest BCUT2D eigenvalue weighted by Crippen LogP contribution is -2.44. The van der Waals surface area contributed by atoms with Gasteiger partial charge >= 0.3 is 5.97 Å². The van der Waals surface area contributed by atoms with Crippen molar-refractivity contribution in [1.29, 1.82) is 0 Å². The van der Waals surface area contributed by atoms with Crippen molar-refractivity contribution < 1.29 is 14.7 Å². The van der Waals surface area contributed by atoms with Gasteiger partial charge in [0.25, 0.3) is 5.91 Å². The Hall–Kier alpha value is -2.87. The maximum atomic E-state index is 13.1. The van der Waals surface area contributed by atoms with Crippen LogP contribution in [0, 0.1) is 0 Å². The van der Waals surface area contributed by atoms with E-state index in [0.717, 1.165) is 48.8 Å². The molecule has 6 nitrogen and oxygen atoms in total. The zero-order chi connectivity index (χ0) is 22.0. The summed E-state index contributed by atoms with van der Waals surface area (Å²) in [7, 11) is 2.10. The van der Waals surface area contributed by atoms with Crippen LogP contribution in [0.1, 0.15) is 20.0 Å². The fourth-order valence-corrected chi connectivity index (χ4v) is 4.74. The fourth-order valence-electron chi connectivity index (χ4n) is 3.59. The minimum Gasteiger partial charge on any atom is -0.477 e. The first-order valence-electron chi connectivity index (χ1n) is 9.89. The van der Waals surface area contributed by atoms with Crippen molar-refractivity contribution in [3.05, 3.63) is 70.1 Å². The normalized spacial score (nSPS) is 14.5. The molecule has 1 saturated heterocycles. The largest absolute Gasteiger partial charge is 0.477 e. The minimum atomic E-state index is -1.05. The summed E-state index contributed by atoms with van der Waals surface area (Å²) in [5.41, 5.74) is 2.82. The number of carboxylic acids is 1. The van der Waals surface area contributed by atoms with E-state index in [0.29, 0.717) is 21.2 Å². The topological polar surface area (TPSA) is 72.9 Å². The molecule has 0 saturated carbocycles. The Kier molecular flexibility index (Phi) is 6.27. The van der Waals surface area contributed by atoms with Crippen LogP contribution in [0.25, 0.3) is 10.4 Å². The van der Waals surface area contributed by atoms with E-state index in [-0.39, 0.29) is 10.8 Å². The molecule has 0 atom stereocenters. The van der Waals surface area contributed by atoms with Crippen molar-refractivity contribution in [3.63, 3.8) is 0 Å². The summed E-state index contributed by atoms with van der Waals surface area (Å²) >= 11 is 7.05. The van der Waals surface area contributed by atoms with Gasteiger partial charge in [-0.3, -0.25) is 4.79 Å². The average Bonchev–Trinajstić information content (AvgIpc) is 3.22. The van der Waals surface area contributed by atoms with Crippen molar-refractivity contribution in [1.82, 2.24) is 4.90 Å². The molecule has 1 aliphatic heterocycles. The number of carboxylic acid groups (broad SMARTS) is 1. The molecule has 1 aromatic heterocycles. The zero-order valence-corrected chi connectivity index (χ0v) is 18.5. The van der Waals surface area contributed by atoms with Gasteiger partial charge in [-0.05, 0) is 43.4 Å². The molecule has 0 radical (unpaired) electrons. The van der Waals surface area contributed by atoms with E-state index < -0.39 is 5.97 Å². The number of carbonyl (C=O) groups excluding carboxylic acids is 1. The molecule has 0 spiro atoms. The van der Waals surface area contributed by atoms with Gasteiger partial charge in [-0.25, -0.2) is 4.79 Å². The van der Waals surface area contributed by atoms with Gasteiger partial charge in [-0.1, -0.05) is 29.8 Å². The standard InChI is InChI=1S/C23H22ClN3O3S/c1-26-10-12-27(13-11-26)19-5-3-2-4-17(19)21-18(14-20(31-21)23(29)30)22(28)25-16-8-6-15(24)7-9-16/h2-9,14H,10-13H2,1H3,(H,25,28)(H,29,30). The van der Waals surface area contributed by atoms with E-state index in [1.165, 1.54) is 6.07 Å². The Bertz CT molecular complexity index is 1110. The molecule has 1 fully saturated rings. The Balaban J connectivity index is 1.73. The lowest BCUT2D eigenvalue weighted by Gasteiger charge is -2.35. The molecule has 2 heterocycles. The number of halogens is 1. The maximum absolute atomic E-state index is 13.1. The van der Waals surface area contributed by atoms with Crippen molar-refractivity contribution in [2.45, 2.75) is 0 Å². The number of carbonyl (C=O) groups is 2. The number of hydrogen-bond acceptors (Lipinski definition) is 5. The summed E-state index contributed by atoms with van der Waals surface area (Å²) < 4.78 is 0. The number of benzene rings is 2. The van der Waals surface area contributed by atoms with Crippen molar-refractivity contribution in [3.8, 4) is 10.4 Å². The zero-order valence-electron chi connectivity index (χ0n) is 17.0. The Morgan fingerprint density at radius 3 is 2.39 bits per heavy atom. The molecule has 31 heavy (non-hydrogen) atoms. The van der Waals surface area contributed by atoms with E-state index in [2.05, 4.69) is 22.2 Å². The Morgan fingerprint density at radius 1 is 1.03 bits per heavy atom. The molecular formula is C23H22ClN3O3S. The second kappa shape index (κ2) is 9.09. The smallest absolute Gasteiger partial charge is 0.345 e. The summed E-state index contributed by atoms with van der Waals surface area (Å²) in [6.45, 7) is 3.64. The van der Waals surface area contributed by atoms with Gasteiger partial charge in [0.2, 0.25) is 0 Å². The predicted molar refractivity (Wildman–Crippen MR) is 126 cm³/mol. The number of anilines is 2. The number of para-hydroxylation sites is 1. The van der Waals surface area contributed by atoms with E-state index in [9.17, 15) is 14.7 Å².